The van der Waals surface area contributed by atoms with Crippen LogP contribution in [-0.4, -0.2) is 12.3 Å². The number of unbranched alkanes of at least 4 members (excludes halogenated alkanes) is 1. The van der Waals surface area contributed by atoms with E-state index in [1.165, 1.54) is 85.6 Å². The molecule has 0 N–H and O–H groups in total. The van der Waals surface area contributed by atoms with Gasteiger partial charge in [-0.2, -0.15) is 0 Å². The minimum absolute atomic E-state index is 0. The van der Waals surface area contributed by atoms with Crippen LogP contribution >= 0.6 is 15.8 Å². The molecule has 2 aliphatic rings. The molecule has 0 spiro atoms. The van der Waals surface area contributed by atoms with E-state index in [1.54, 1.807) is 6.08 Å². The third-order valence-electron chi connectivity index (χ3n) is 12.4. The van der Waals surface area contributed by atoms with Gasteiger partial charge in [-0.05, 0) is 99.8 Å². The van der Waals surface area contributed by atoms with Crippen LogP contribution in [0.3, 0.4) is 0 Å². The molecule has 0 aromatic heterocycles. The van der Waals surface area contributed by atoms with Crippen LogP contribution in [0.15, 0.2) is 219 Å². The first kappa shape index (κ1) is 53.8. The largest absolute Gasteiger partial charge is 1.00 e. The van der Waals surface area contributed by atoms with Crippen LogP contribution in [0.4, 0.5) is 0 Å². The van der Waals surface area contributed by atoms with Gasteiger partial charge in [0.1, 0.15) is 0 Å². The molecule has 338 valence electrons. The molecule has 0 amide bonds. The van der Waals surface area contributed by atoms with E-state index in [0.29, 0.717) is 0 Å². The van der Waals surface area contributed by atoms with Crippen molar-refractivity contribution in [3.8, 4) is 34.1 Å². The average molecular weight is 1260 g/mol. The fourth-order valence-corrected chi connectivity index (χ4v) is 13.9. The number of rotatable bonds is 13. The van der Waals surface area contributed by atoms with E-state index < -0.39 is 15.8 Å². The van der Waals surface area contributed by atoms with E-state index in [0.717, 1.165) is 11.1 Å². The summed E-state index contributed by atoms with van der Waals surface area (Å²) < 4.78 is 0. The van der Waals surface area contributed by atoms with Crippen molar-refractivity contribution in [1.82, 2.24) is 0 Å². The zero-order chi connectivity index (χ0) is 45.5. The van der Waals surface area contributed by atoms with Crippen molar-refractivity contribution < 1.29 is 44.8 Å². The van der Waals surface area contributed by atoms with E-state index in [2.05, 4.69) is 217 Å². The molecule has 6 aromatic rings. The molecule has 1 unspecified atom stereocenters. The van der Waals surface area contributed by atoms with Gasteiger partial charge in [-0.25, -0.2) is 0 Å². The Morgan fingerprint density at radius 3 is 1.39 bits per heavy atom. The summed E-state index contributed by atoms with van der Waals surface area (Å²) in [6.45, 7) is 20.7. The predicted molar refractivity (Wildman–Crippen MR) is 285 cm³/mol. The molecular weight excluding hydrogens is 1200 g/mol. The molecule has 0 fully saturated rings. The summed E-state index contributed by atoms with van der Waals surface area (Å²) in [4.78, 5) is 0. The van der Waals surface area contributed by atoms with Crippen molar-refractivity contribution in [3.63, 3.8) is 0 Å². The van der Waals surface area contributed by atoms with Crippen molar-refractivity contribution in [1.29, 1.82) is 0 Å². The van der Waals surface area contributed by atoms with Gasteiger partial charge in [-0.3, -0.25) is 11.8 Å². The molecule has 0 bridgehead atoms. The summed E-state index contributed by atoms with van der Waals surface area (Å²) in [5.41, 5.74) is 12.3. The molecule has 2 aliphatic carbocycles. The first-order valence-corrected chi connectivity index (χ1v) is 25.7. The summed E-state index contributed by atoms with van der Waals surface area (Å²) >= 11 is 0. The number of hydrogen-bond donors (Lipinski definition) is 0. The minimum atomic E-state index is -0.786. The second kappa shape index (κ2) is 25.9. The Morgan fingerprint density at radius 1 is 0.515 bits per heavy atom. The Morgan fingerprint density at radius 2 is 0.955 bits per heavy atom. The van der Waals surface area contributed by atoms with Crippen LogP contribution in [0.25, 0.3) is 22.3 Å². The molecule has 0 heterocycles. The second-order valence-corrected chi connectivity index (χ2v) is 22.2. The molecule has 0 saturated carbocycles. The van der Waals surface area contributed by atoms with E-state index in [9.17, 15) is 0 Å². The zero-order valence-electron chi connectivity index (χ0n) is 38.5. The Balaban J connectivity index is 0.000000226. The van der Waals surface area contributed by atoms with E-state index in [4.69, 9.17) is 12.8 Å². The molecular formula is C62H60Au2P2+2. The van der Waals surface area contributed by atoms with Gasteiger partial charge >= 0.3 is 44.8 Å². The Kier molecular flexibility index (Phi) is 21.2. The smallest absolute Gasteiger partial charge is 0.366 e. The summed E-state index contributed by atoms with van der Waals surface area (Å²) in [5, 5.41) is 4.34. The third-order valence-corrected chi connectivity index (χ3v) is 17.9. The number of hydrogen-bond acceptors (Lipinski definition) is 0. The predicted octanol–water partition coefficient (Wildman–Crippen LogP) is 15.2. The zero-order valence-corrected chi connectivity index (χ0v) is 44.9. The molecule has 0 aliphatic heterocycles. The summed E-state index contributed by atoms with van der Waals surface area (Å²) in [6, 6.07) is 51.5. The van der Waals surface area contributed by atoms with Crippen LogP contribution < -0.4 is 10.6 Å². The number of allylic oxidation sites excluding steroid dienone is 8. The molecule has 0 radical (unpaired) electrons. The maximum Gasteiger partial charge on any atom is 1.00 e. The van der Waals surface area contributed by atoms with Gasteiger partial charge in [0.05, 0.1) is 49.9 Å². The van der Waals surface area contributed by atoms with Crippen LogP contribution in [-0.2, 0) is 55.6 Å². The van der Waals surface area contributed by atoms with Crippen LogP contribution in [0.1, 0.15) is 73.9 Å². The maximum absolute atomic E-state index is 7.24. The van der Waals surface area contributed by atoms with E-state index in [-0.39, 0.29) is 55.6 Å². The van der Waals surface area contributed by atoms with Crippen molar-refractivity contribution in [3.05, 3.63) is 265 Å². The van der Waals surface area contributed by atoms with Crippen LogP contribution in [0.2, 0.25) is 0 Å². The van der Waals surface area contributed by atoms with Crippen molar-refractivity contribution in [2.24, 2.45) is 0 Å². The molecule has 0 saturated heterocycles. The number of fused-ring (bicyclic) bond motifs is 6. The van der Waals surface area contributed by atoms with Crippen molar-refractivity contribution >= 4 is 26.5 Å². The van der Waals surface area contributed by atoms with Gasteiger partial charge in [0, 0.05) is 10.8 Å². The standard InChI is InChI=1S/C28H32P2.2C17H13.2Au/c1-4-7-8-15-23-29(26(6-3)18-5-2)24-16-17-25-30(27-19-11-9-12-20-27)28-21-13-10-14-22-28;2*1-4-12-9-10-16-14(11-12)13-7-5-6-8-15(13)17(16,2)3;;/h4-15,18-23H,1-3,16-17,24-25H2;2*5-11H,2-3H3;;/q;2*-1;2*+1/p+2/b8-7-,23-15+,26-18+;;;;. The molecule has 66 heavy (non-hydrogen) atoms. The van der Waals surface area contributed by atoms with Gasteiger partial charge in [0.25, 0.3) is 0 Å². The summed E-state index contributed by atoms with van der Waals surface area (Å²) in [7, 11) is -1.52. The SMILES string of the molecule is C=C/C=C\C=C\[PH+](CCCC[PH+](c1ccccc1)c1ccccc1)/C(C=C)=C/C=C.[Au+].[Au+].[C-]#Cc1ccc2c(c1)-c1ccccc1C2(C)C.[C-]#Cc1ccc2c(c1)-c1ccccc1C2(C)C. The number of benzene rings is 6. The monoisotopic (exact) mass is 1260 g/mol. The van der Waals surface area contributed by atoms with Gasteiger partial charge in [0.2, 0.25) is 0 Å². The van der Waals surface area contributed by atoms with E-state index in [1.807, 2.05) is 30.4 Å². The molecule has 0 nitrogen and oxygen atoms in total. The van der Waals surface area contributed by atoms with Crippen molar-refractivity contribution in [2.45, 2.75) is 51.4 Å². The summed E-state index contributed by atoms with van der Waals surface area (Å²) in [6.07, 6.45) is 33.4. The topological polar surface area (TPSA) is 0 Å². The molecule has 6 aromatic carbocycles. The quantitative estimate of drug-likeness (QED) is 0.0270. The average Bonchev–Trinajstić information content (AvgIpc) is 3.71. The fourth-order valence-electron chi connectivity index (χ4n) is 9.02. The second-order valence-electron chi connectivity index (χ2n) is 17.1. The van der Waals surface area contributed by atoms with E-state index >= 15 is 0 Å². The maximum atomic E-state index is 7.24. The van der Waals surface area contributed by atoms with Gasteiger partial charge in [-0.1, -0.05) is 169 Å². The van der Waals surface area contributed by atoms with Gasteiger partial charge in [0.15, 0.2) is 0 Å². The van der Waals surface area contributed by atoms with Gasteiger partial charge < -0.3 is 12.8 Å². The Labute approximate surface area is 430 Å². The summed E-state index contributed by atoms with van der Waals surface area (Å²) in [5.74, 6) is 7.29. The Hall–Kier alpha value is -4.78. The Bertz CT molecular complexity index is 2600. The first-order valence-electron chi connectivity index (χ1n) is 22.2. The normalized spacial score (nSPS) is 13.6. The third kappa shape index (κ3) is 12.8. The molecule has 1 atom stereocenters. The first-order chi connectivity index (χ1) is 31.1. The van der Waals surface area contributed by atoms with Crippen LogP contribution in [0.5, 0.6) is 0 Å². The fraction of sp³-hybridized carbons (Fsp3) is 0.161. The van der Waals surface area contributed by atoms with Gasteiger partial charge in [-0.15, -0.1) is 35.4 Å². The van der Waals surface area contributed by atoms with Crippen LogP contribution in [0, 0.1) is 24.7 Å². The molecule has 4 heteroatoms. The van der Waals surface area contributed by atoms with Crippen molar-refractivity contribution in [2.75, 3.05) is 12.3 Å². The minimum Gasteiger partial charge on any atom is -0.366 e. The molecule has 8 rings (SSSR count).